The summed E-state index contributed by atoms with van der Waals surface area (Å²) in [5, 5.41) is 7.11. The summed E-state index contributed by atoms with van der Waals surface area (Å²) in [5.41, 5.74) is 1.08. The van der Waals surface area contributed by atoms with Crippen molar-refractivity contribution >= 4 is 34.8 Å². The van der Waals surface area contributed by atoms with E-state index in [0.29, 0.717) is 17.9 Å². The lowest BCUT2D eigenvalue weighted by molar-refractivity contribution is 0.187. The van der Waals surface area contributed by atoms with Crippen LogP contribution in [0.25, 0.3) is 11.4 Å². The van der Waals surface area contributed by atoms with Crippen LogP contribution in [-0.2, 0) is 11.3 Å². The lowest BCUT2D eigenvalue weighted by atomic mass is 10.2. The van der Waals surface area contributed by atoms with Crippen LogP contribution in [0.2, 0.25) is 0 Å². The molecule has 0 unspecified atom stereocenters. The number of halogens is 1. The van der Waals surface area contributed by atoms with Crippen molar-refractivity contribution < 1.29 is 4.74 Å². The lowest BCUT2D eigenvalue weighted by Crippen LogP contribution is -2.06. The fraction of sp³-hybridized carbons (Fsp3) is 0.273. The van der Waals surface area contributed by atoms with E-state index in [1.807, 2.05) is 28.8 Å². The van der Waals surface area contributed by atoms with Gasteiger partial charge in [-0.25, -0.2) is 0 Å². The molecule has 0 bridgehead atoms. The SMILES string of the molecule is COCCn1c(-c2ccccc2I)n[nH]c1=S. The molecular formula is C11H12IN3OS. The Morgan fingerprint density at radius 3 is 2.94 bits per heavy atom. The molecule has 0 aliphatic rings. The van der Waals surface area contributed by atoms with E-state index in [-0.39, 0.29) is 0 Å². The predicted octanol–water partition coefficient (Wildman–Crippen LogP) is 2.86. The number of methoxy groups -OCH3 is 1. The molecule has 0 aliphatic carbocycles. The van der Waals surface area contributed by atoms with Gasteiger partial charge < -0.3 is 4.74 Å². The Bertz CT molecular complexity index is 564. The number of hydrogen-bond acceptors (Lipinski definition) is 3. The van der Waals surface area contributed by atoms with Crippen molar-refractivity contribution in [2.75, 3.05) is 13.7 Å². The Labute approximate surface area is 118 Å². The first-order chi connectivity index (χ1) is 8.24. The van der Waals surface area contributed by atoms with Gasteiger partial charge in [0, 0.05) is 16.2 Å². The van der Waals surface area contributed by atoms with Gasteiger partial charge in [-0.15, -0.1) is 0 Å². The minimum atomic E-state index is 0.615. The van der Waals surface area contributed by atoms with Crippen molar-refractivity contribution in [1.82, 2.24) is 14.8 Å². The first-order valence-electron chi connectivity index (χ1n) is 5.13. The predicted molar refractivity (Wildman–Crippen MR) is 77.4 cm³/mol. The second kappa shape index (κ2) is 5.74. The highest BCUT2D eigenvalue weighted by Crippen LogP contribution is 2.23. The number of ether oxygens (including phenoxy) is 1. The molecule has 1 aromatic heterocycles. The second-order valence-electron chi connectivity index (χ2n) is 3.48. The molecule has 90 valence electrons. The molecule has 0 atom stereocenters. The summed E-state index contributed by atoms with van der Waals surface area (Å²) in [5.74, 6) is 0.858. The van der Waals surface area contributed by atoms with E-state index in [1.54, 1.807) is 7.11 Å². The van der Waals surface area contributed by atoms with Crippen LogP contribution in [0.15, 0.2) is 24.3 Å². The molecule has 2 aromatic rings. The van der Waals surface area contributed by atoms with Crippen LogP contribution in [0.1, 0.15) is 0 Å². The Kier molecular flexibility index (Phi) is 4.30. The molecule has 0 radical (unpaired) electrons. The summed E-state index contributed by atoms with van der Waals surface area (Å²) in [4.78, 5) is 0. The van der Waals surface area contributed by atoms with Gasteiger partial charge in [0.15, 0.2) is 10.6 Å². The lowest BCUT2D eigenvalue weighted by Gasteiger charge is -2.07. The number of aromatic amines is 1. The van der Waals surface area contributed by atoms with Crippen LogP contribution < -0.4 is 0 Å². The highest BCUT2D eigenvalue weighted by Gasteiger charge is 2.10. The highest BCUT2D eigenvalue weighted by molar-refractivity contribution is 14.1. The molecule has 0 saturated heterocycles. The molecule has 0 saturated carbocycles. The van der Waals surface area contributed by atoms with Crippen LogP contribution in [0, 0.1) is 8.34 Å². The monoisotopic (exact) mass is 361 g/mol. The summed E-state index contributed by atoms with van der Waals surface area (Å²) in [6, 6.07) is 8.09. The number of hydrogen-bond donors (Lipinski definition) is 1. The summed E-state index contributed by atoms with van der Waals surface area (Å²) in [7, 11) is 1.68. The van der Waals surface area contributed by atoms with Crippen molar-refractivity contribution in [3.8, 4) is 11.4 Å². The second-order valence-corrected chi connectivity index (χ2v) is 5.03. The molecule has 1 N–H and O–H groups in total. The Morgan fingerprint density at radius 1 is 1.47 bits per heavy atom. The summed E-state index contributed by atoms with van der Waals surface area (Å²) >= 11 is 7.51. The van der Waals surface area contributed by atoms with Crippen LogP contribution >= 0.6 is 34.8 Å². The molecule has 17 heavy (non-hydrogen) atoms. The number of benzene rings is 1. The minimum Gasteiger partial charge on any atom is -0.383 e. The fourth-order valence-electron chi connectivity index (χ4n) is 1.56. The summed E-state index contributed by atoms with van der Waals surface area (Å²) in [6.07, 6.45) is 0. The molecule has 0 fully saturated rings. The van der Waals surface area contributed by atoms with Crippen LogP contribution in [-0.4, -0.2) is 28.5 Å². The Hall–Kier alpha value is -0.730. The maximum Gasteiger partial charge on any atom is 0.195 e. The van der Waals surface area contributed by atoms with Gasteiger partial charge in [0.2, 0.25) is 0 Å². The Balaban J connectivity index is 2.46. The number of H-pyrrole nitrogens is 1. The number of nitrogens with zero attached hydrogens (tertiary/aromatic N) is 2. The van der Waals surface area contributed by atoms with E-state index in [2.05, 4.69) is 32.8 Å². The minimum absolute atomic E-state index is 0.615. The first kappa shape index (κ1) is 12.7. The third-order valence-corrected chi connectivity index (χ3v) is 3.64. The molecule has 6 heteroatoms. The molecule has 1 heterocycles. The van der Waals surface area contributed by atoms with Gasteiger partial charge in [0.05, 0.1) is 13.2 Å². The summed E-state index contributed by atoms with van der Waals surface area (Å²) in [6.45, 7) is 1.32. The summed E-state index contributed by atoms with van der Waals surface area (Å²) < 4.78 is 8.81. The zero-order valence-corrected chi connectivity index (χ0v) is 12.3. The van der Waals surface area contributed by atoms with Gasteiger partial charge in [-0.05, 0) is 40.9 Å². The quantitative estimate of drug-likeness (QED) is 0.673. The van der Waals surface area contributed by atoms with E-state index < -0.39 is 0 Å². The number of aromatic nitrogens is 3. The van der Waals surface area contributed by atoms with Crippen molar-refractivity contribution in [3.05, 3.63) is 32.6 Å². The van der Waals surface area contributed by atoms with Crippen LogP contribution in [0.5, 0.6) is 0 Å². The molecule has 1 aromatic carbocycles. The van der Waals surface area contributed by atoms with Crippen molar-refractivity contribution in [3.63, 3.8) is 0 Å². The van der Waals surface area contributed by atoms with Gasteiger partial charge in [-0.3, -0.25) is 9.67 Å². The normalized spacial score (nSPS) is 10.7. The molecule has 0 spiro atoms. The zero-order chi connectivity index (χ0) is 12.3. The third-order valence-electron chi connectivity index (χ3n) is 2.39. The van der Waals surface area contributed by atoms with Gasteiger partial charge in [0.25, 0.3) is 0 Å². The van der Waals surface area contributed by atoms with Crippen LogP contribution in [0.4, 0.5) is 0 Å². The molecule has 2 rings (SSSR count). The third kappa shape index (κ3) is 2.75. The first-order valence-corrected chi connectivity index (χ1v) is 6.62. The van der Waals surface area contributed by atoms with Crippen molar-refractivity contribution in [2.45, 2.75) is 6.54 Å². The zero-order valence-electron chi connectivity index (χ0n) is 9.31. The molecular weight excluding hydrogens is 349 g/mol. The van der Waals surface area contributed by atoms with E-state index >= 15 is 0 Å². The van der Waals surface area contributed by atoms with E-state index in [4.69, 9.17) is 17.0 Å². The number of rotatable bonds is 4. The smallest absolute Gasteiger partial charge is 0.195 e. The van der Waals surface area contributed by atoms with Crippen molar-refractivity contribution in [1.29, 1.82) is 0 Å². The van der Waals surface area contributed by atoms with Crippen molar-refractivity contribution in [2.24, 2.45) is 0 Å². The van der Waals surface area contributed by atoms with Gasteiger partial charge >= 0.3 is 0 Å². The molecule has 4 nitrogen and oxygen atoms in total. The van der Waals surface area contributed by atoms with Crippen LogP contribution in [0.3, 0.4) is 0 Å². The van der Waals surface area contributed by atoms with Gasteiger partial charge in [0.1, 0.15) is 0 Å². The maximum absolute atomic E-state index is 5.22. The highest BCUT2D eigenvalue weighted by atomic mass is 127. The molecule has 0 amide bonds. The molecule has 0 aliphatic heterocycles. The average molecular weight is 361 g/mol. The topological polar surface area (TPSA) is 42.8 Å². The van der Waals surface area contributed by atoms with E-state index in [1.165, 1.54) is 0 Å². The largest absolute Gasteiger partial charge is 0.383 e. The van der Waals surface area contributed by atoms with Gasteiger partial charge in [-0.1, -0.05) is 18.2 Å². The number of nitrogens with one attached hydrogen (secondary N) is 1. The van der Waals surface area contributed by atoms with Gasteiger partial charge in [-0.2, -0.15) is 5.10 Å². The Morgan fingerprint density at radius 2 is 2.24 bits per heavy atom. The standard InChI is InChI=1S/C11H12IN3OS/c1-16-7-6-15-10(13-14-11(15)17)8-4-2-3-5-9(8)12/h2-5H,6-7H2,1H3,(H,14,17). The van der Waals surface area contributed by atoms with E-state index in [0.717, 1.165) is 15.0 Å². The van der Waals surface area contributed by atoms with E-state index in [9.17, 15) is 0 Å². The fourth-order valence-corrected chi connectivity index (χ4v) is 2.41. The maximum atomic E-state index is 5.22. The average Bonchev–Trinajstić information content (AvgIpc) is 2.69.